The minimum absolute atomic E-state index is 0.0963. The molecular formula is C21H24ClFN2O3. The van der Waals surface area contributed by atoms with Gasteiger partial charge in [0.25, 0.3) is 5.91 Å². The minimum Gasteiger partial charge on any atom is -0.493 e. The monoisotopic (exact) mass is 406 g/mol. The Morgan fingerprint density at radius 3 is 2.43 bits per heavy atom. The van der Waals surface area contributed by atoms with Gasteiger partial charge in [-0.3, -0.25) is 4.79 Å². The topological polar surface area (TPSA) is 42.0 Å². The summed E-state index contributed by atoms with van der Waals surface area (Å²) in [7, 11) is 1.53. The van der Waals surface area contributed by atoms with Crippen LogP contribution in [0.15, 0.2) is 36.4 Å². The molecule has 5 nitrogen and oxygen atoms in total. The van der Waals surface area contributed by atoms with Crippen molar-refractivity contribution in [1.82, 2.24) is 4.90 Å². The number of benzene rings is 2. The number of ether oxygens (including phenoxy) is 2. The molecule has 0 atom stereocenters. The van der Waals surface area contributed by atoms with E-state index in [2.05, 4.69) is 4.90 Å². The smallest absolute Gasteiger partial charge is 0.254 e. The van der Waals surface area contributed by atoms with Crippen molar-refractivity contribution in [3.63, 3.8) is 0 Å². The van der Waals surface area contributed by atoms with Crippen LogP contribution in [0, 0.1) is 5.82 Å². The molecule has 1 saturated heterocycles. The van der Waals surface area contributed by atoms with E-state index in [4.69, 9.17) is 21.1 Å². The normalized spacial score (nSPS) is 14.1. The van der Waals surface area contributed by atoms with E-state index >= 15 is 0 Å². The average molecular weight is 407 g/mol. The predicted molar refractivity (Wildman–Crippen MR) is 108 cm³/mol. The van der Waals surface area contributed by atoms with Crippen molar-refractivity contribution in [3.05, 3.63) is 52.8 Å². The molecule has 0 N–H and O–H groups in total. The molecule has 1 fully saturated rings. The van der Waals surface area contributed by atoms with Crippen LogP contribution < -0.4 is 14.4 Å². The molecule has 2 aromatic carbocycles. The first-order valence-corrected chi connectivity index (χ1v) is 9.71. The number of methoxy groups -OCH3 is 1. The van der Waals surface area contributed by atoms with E-state index < -0.39 is 0 Å². The molecule has 0 unspecified atom stereocenters. The van der Waals surface area contributed by atoms with Gasteiger partial charge in [-0.15, -0.1) is 0 Å². The molecule has 0 bridgehead atoms. The van der Waals surface area contributed by atoms with E-state index in [-0.39, 0.29) is 11.7 Å². The van der Waals surface area contributed by atoms with Gasteiger partial charge in [-0.25, -0.2) is 4.39 Å². The Morgan fingerprint density at radius 1 is 1.14 bits per heavy atom. The average Bonchev–Trinajstić information content (AvgIpc) is 2.72. The Labute approximate surface area is 169 Å². The van der Waals surface area contributed by atoms with Crippen LogP contribution in [0.1, 0.15) is 23.7 Å². The maximum Gasteiger partial charge on any atom is 0.254 e. The molecule has 0 saturated carbocycles. The third kappa shape index (κ3) is 4.50. The Balaban J connectivity index is 1.69. The zero-order valence-electron chi connectivity index (χ0n) is 16.1. The van der Waals surface area contributed by atoms with Crippen LogP contribution in [-0.2, 0) is 0 Å². The van der Waals surface area contributed by atoms with E-state index in [1.165, 1.54) is 19.2 Å². The fourth-order valence-corrected chi connectivity index (χ4v) is 3.45. The highest BCUT2D eigenvalue weighted by atomic mass is 35.5. The summed E-state index contributed by atoms with van der Waals surface area (Å²) < 4.78 is 24.1. The third-order valence-corrected chi connectivity index (χ3v) is 4.97. The van der Waals surface area contributed by atoms with Crippen LogP contribution in [0.25, 0.3) is 0 Å². The van der Waals surface area contributed by atoms with E-state index in [9.17, 15) is 9.18 Å². The summed E-state index contributed by atoms with van der Waals surface area (Å²) >= 11 is 6.33. The fourth-order valence-electron chi connectivity index (χ4n) is 3.19. The molecule has 7 heteroatoms. The van der Waals surface area contributed by atoms with Gasteiger partial charge in [-0.05, 0) is 42.8 Å². The van der Waals surface area contributed by atoms with Crippen LogP contribution in [0.5, 0.6) is 11.5 Å². The molecule has 1 amide bonds. The highest BCUT2D eigenvalue weighted by Gasteiger charge is 2.24. The SMILES string of the molecule is CCCOc1c(Cl)cc(C(=O)N2CCN(c3ccc(F)cc3)CC2)cc1OC. The largest absolute Gasteiger partial charge is 0.493 e. The van der Waals surface area contributed by atoms with E-state index in [1.54, 1.807) is 29.2 Å². The zero-order chi connectivity index (χ0) is 20.1. The summed E-state index contributed by atoms with van der Waals surface area (Å²) in [5, 5.41) is 0.362. The lowest BCUT2D eigenvalue weighted by Crippen LogP contribution is -2.48. The van der Waals surface area contributed by atoms with Gasteiger partial charge in [0.05, 0.1) is 18.7 Å². The lowest BCUT2D eigenvalue weighted by Gasteiger charge is -2.36. The second-order valence-electron chi connectivity index (χ2n) is 6.59. The maximum atomic E-state index is 13.1. The van der Waals surface area contributed by atoms with Crippen molar-refractivity contribution >= 4 is 23.2 Å². The Kier molecular flexibility index (Phi) is 6.62. The van der Waals surface area contributed by atoms with Gasteiger partial charge < -0.3 is 19.3 Å². The molecule has 0 radical (unpaired) electrons. The number of halogens is 2. The molecular weight excluding hydrogens is 383 g/mol. The number of carbonyl (C=O) groups excluding carboxylic acids is 1. The van der Waals surface area contributed by atoms with Gasteiger partial charge in [0.1, 0.15) is 5.82 Å². The van der Waals surface area contributed by atoms with Crippen molar-refractivity contribution in [2.75, 3.05) is 44.8 Å². The number of piperazine rings is 1. The number of anilines is 1. The van der Waals surface area contributed by atoms with Gasteiger partial charge in [0, 0.05) is 37.4 Å². The van der Waals surface area contributed by atoms with E-state index in [1.807, 2.05) is 6.92 Å². The number of nitrogens with zero attached hydrogens (tertiary/aromatic N) is 2. The second kappa shape index (κ2) is 9.15. The maximum absolute atomic E-state index is 13.1. The second-order valence-corrected chi connectivity index (χ2v) is 7.00. The van der Waals surface area contributed by atoms with Crippen molar-refractivity contribution < 1.29 is 18.7 Å². The van der Waals surface area contributed by atoms with Crippen LogP contribution in [0.2, 0.25) is 5.02 Å². The molecule has 0 aliphatic carbocycles. The molecule has 2 aromatic rings. The van der Waals surface area contributed by atoms with E-state index in [0.717, 1.165) is 12.1 Å². The molecule has 1 aliphatic rings. The molecule has 1 heterocycles. The van der Waals surface area contributed by atoms with Crippen LogP contribution in [-0.4, -0.2) is 50.7 Å². The van der Waals surface area contributed by atoms with Crippen molar-refractivity contribution in [2.45, 2.75) is 13.3 Å². The van der Waals surface area contributed by atoms with Crippen molar-refractivity contribution in [2.24, 2.45) is 0 Å². The Bertz CT molecular complexity index is 821. The van der Waals surface area contributed by atoms with Crippen molar-refractivity contribution in [3.8, 4) is 11.5 Å². The van der Waals surface area contributed by atoms with Crippen molar-refractivity contribution in [1.29, 1.82) is 0 Å². The highest BCUT2D eigenvalue weighted by molar-refractivity contribution is 6.32. The van der Waals surface area contributed by atoms with Gasteiger partial charge in [0.15, 0.2) is 11.5 Å². The zero-order valence-corrected chi connectivity index (χ0v) is 16.8. The lowest BCUT2D eigenvalue weighted by molar-refractivity contribution is 0.0746. The highest BCUT2D eigenvalue weighted by Crippen LogP contribution is 2.37. The number of hydrogen-bond donors (Lipinski definition) is 0. The Hall–Kier alpha value is -2.47. The minimum atomic E-state index is -0.255. The standard InChI is InChI=1S/C21H24ClFN2O3/c1-3-12-28-20-18(22)13-15(14-19(20)27-2)21(26)25-10-8-24(9-11-25)17-6-4-16(23)5-7-17/h4-7,13-14H,3,8-12H2,1-2H3. The van der Waals surface area contributed by atoms with E-state index in [0.29, 0.717) is 54.9 Å². The Morgan fingerprint density at radius 2 is 1.82 bits per heavy atom. The van der Waals surface area contributed by atoms with Crippen LogP contribution in [0.4, 0.5) is 10.1 Å². The molecule has 1 aliphatic heterocycles. The molecule has 0 aromatic heterocycles. The van der Waals surface area contributed by atoms with Gasteiger partial charge >= 0.3 is 0 Å². The van der Waals surface area contributed by atoms with Gasteiger partial charge in [-0.1, -0.05) is 18.5 Å². The first-order chi connectivity index (χ1) is 13.5. The number of carbonyl (C=O) groups is 1. The fraction of sp³-hybridized carbons (Fsp3) is 0.381. The third-order valence-electron chi connectivity index (χ3n) is 4.69. The van der Waals surface area contributed by atoms with Gasteiger partial charge in [-0.2, -0.15) is 0 Å². The molecule has 3 rings (SSSR count). The van der Waals surface area contributed by atoms with Gasteiger partial charge in [0.2, 0.25) is 0 Å². The number of rotatable bonds is 6. The summed E-state index contributed by atoms with van der Waals surface area (Å²) in [6.07, 6.45) is 0.846. The molecule has 0 spiro atoms. The predicted octanol–water partition coefficient (Wildman–Crippen LogP) is 4.24. The number of amides is 1. The first kappa shape index (κ1) is 20.3. The summed E-state index contributed by atoms with van der Waals surface area (Å²) in [6.45, 7) is 5.03. The molecule has 150 valence electrons. The summed E-state index contributed by atoms with van der Waals surface area (Å²) in [5.41, 5.74) is 1.43. The molecule has 28 heavy (non-hydrogen) atoms. The number of hydrogen-bond acceptors (Lipinski definition) is 4. The quantitative estimate of drug-likeness (QED) is 0.719. The van der Waals surface area contributed by atoms with Crippen LogP contribution in [0.3, 0.4) is 0 Å². The first-order valence-electron chi connectivity index (χ1n) is 9.33. The van der Waals surface area contributed by atoms with Crippen LogP contribution >= 0.6 is 11.6 Å². The summed E-state index contributed by atoms with van der Waals surface area (Å²) in [5.74, 6) is 0.564. The lowest BCUT2D eigenvalue weighted by atomic mass is 10.1. The summed E-state index contributed by atoms with van der Waals surface area (Å²) in [6, 6.07) is 9.71. The summed E-state index contributed by atoms with van der Waals surface area (Å²) in [4.78, 5) is 16.9.